The summed E-state index contributed by atoms with van der Waals surface area (Å²) >= 11 is 5.89. The Morgan fingerprint density at radius 2 is 2.04 bits per heavy atom. The van der Waals surface area contributed by atoms with Crippen molar-refractivity contribution >= 4 is 34.9 Å². The van der Waals surface area contributed by atoms with Crippen molar-refractivity contribution in [2.75, 3.05) is 5.32 Å². The van der Waals surface area contributed by atoms with Gasteiger partial charge in [-0.15, -0.1) is 0 Å². The lowest BCUT2D eigenvalue weighted by Crippen LogP contribution is -2.30. The summed E-state index contributed by atoms with van der Waals surface area (Å²) in [6.07, 6.45) is -1.10. The molecule has 0 aliphatic rings. The molecule has 0 unspecified atom stereocenters. The Hall–Kier alpha value is -2.94. The second-order valence-corrected chi connectivity index (χ2v) is 6.03. The lowest BCUT2D eigenvalue weighted by molar-refractivity contribution is -0.384. The summed E-state index contributed by atoms with van der Waals surface area (Å²) in [7, 11) is 1.75. The summed E-state index contributed by atoms with van der Waals surface area (Å²) in [5.41, 5.74) is 1.63. The van der Waals surface area contributed by atoms with Crippen LogP contribution in [-0.4, -0.2) is 32.7 Å². The Bertz CT molecular complexity index is 893. The average Bonchev–Trinajstić information content (AvgIpc) is 2.80. The van der Waals surface area contributed by atoms with Gasteiger partial charge in [0.05, 0.1) is 32.6 Å². The fraction of sp³-hybridized carbons (Fsp3) is 0.312. The molecule has 1 amide bonds. The molecule has 9 nitrogen and oxygen atoms in total. The van der Waals surface area contributed by atoms with Crippen molar-refractivity contribution in [1.29, 1.82) is 0 Å². The third-order valence-corrected chi connectivity index (χ3v) is 4.11. The number of benzene rings is 1. The number of amides is 1. The van der Waals surface area contributed by atoms with Gasteiger partial charge >= 0.3 is 5.97 Å². The van der Waals surface area contributed by atoms with Crippen LogP contribution in [0, 0.1) is 24.0 Å². The number of carbonyl (C=O) groups excluding carboxylic acids is 2. The van der Waals surface area contributed by atoms with Crippen LogP contribution in [-0.2, 0) is 16.6 Å². The largest absolute Gasteiger partial charge is 0.449 e. The number of nitro groups is 1. The van der Waals surface area contributed by atoms with E-state index >= 15 is 0 Å². The van der Waals surface area contributed by atoms with Gasteiger partial charge in [0.15, 0.2) is 6.10 Å². The molecule has 26 heavy (non-hydrogen) atoms. The molecule has 1 heterocycles. The van der Waals surface area contributed by atoms with Gasteiger partial charge in [0.2, 0.25) is 0 Å². The average molecular weight is 381 g/mol. The van der Waals surface area contributed by atoms with Crippen molar-refractivity contribution in [2.45, 2.75) is 26.9 Å². The lowest BCUT2D eigenvalue weighted by Gasteiger charge is -2.14. The second-order valence-electron chi connectivity index (χ2n) is 5.63. The molecule has 0 saturated heterocycles. The van der Waals surface area contributed by atoms with Crippen LogP contribution in [0.25, 0.3) is 0 Å². The molecule has 0 spiro atoms. The first-order valence-electron chi connectivity index (χ1n) is 7.57. The summed E-state index contributed by atoms with van der Waals surface area (Å²) in [4.78, 5) is 34.5. The van der Waals surface area contributed by atoms with Gasteiger partial charge < -0.3 is 10.1 Å². The van der Waals surface area contributed by atoms with Crippen molar-refractivity contribution in [3.63, 3.8) is 0 Å². The van der Waals surface area contributed by atoms with Gasteiger partial charge in [-0.3, -0.25) is 19.6 Å². The van der Waals surface area contributed by atoms with Crippen molar-refractivity contribution in [1.82, 2.24) is 9.78 Å². The highest BCUT2D eigenvalue weighted by Crippen LogP contribution is 2.24. The minimum Gasteiger partial charge on any atom is -0.449 e. The summed E-state index contributed by atoms with van der Waals surface area (Å²) in [5.74, 6) is -1.39. The van der Waals surface area contributed by atoms with Crippen molar-refractivity contribution in [3.05, 3.63) is 50.3 Å². The zero-order valence-electron chi connectivity index (χ0n) is 14.6. The van der Waals surface area contributed by atoms with Gasteiger partial charge in [-0.1, -0.05) is 11.6 Å². The Morgan fingerprint density at radius 1 is 1.38 bits per heavy atom. The number of nitrogens with one attached hydrogen (secondary N) is 1. The summed E-state index contributed by atoms with van der Waals surface area (Å²) in [5, 5.41) is 17.4. The molecule has 2 rings (SSSR count). The molecule has 2 aromatic rings. The molecule has 138 valence electrons. The number of nitrogens with zero attached hydrogens (tertiary/aromatic N) is 3. The summed E-state index contributed by atoms with van der Waals surface area (Å²) < 4.78 is 6.73. The van der Waals surface area contributed by atoms with E-state index in [1.54, 1.807) is 25.6 Å². The van der Waals surface area contributed by atoms with Gasteiger partial charge in [0.25, 0.3) is 11.6 Å². The van der Waals surface area contributed by atoms with E-state index in [-0.39, 0.29) is 16.3 Å². The van der Waals surface area contributed by atoms with E-state index in [0.29, 0.717) is 11.4 Å². The monoisotopic (exact) mass is 380 g/mol. The lowest BCUT2D eigenvalue weighted by atomic mass is 10.2. The van der Waals surface area contributed by atoms with Crippen LogP contribution in [0.4, 0.5) is 11.4 Å². The molecule has 0 aliphatic carbocycles. The van der Waals surface area contributed by atoms with Crippen molar-refractivity contribution in [2.24, 2.45) is 7.05 Å². The summed E-state index contributed by atoms with van der Waals surface area (Å²) in [6, 6.07) is 3.36. The van der Waals surface area contributed by atoms with Gasteiger partial charge in [0.1, 0.15) is 0 Å². The number of anilines is 1. The molecule has 1 aromatic carbocycles. The maximum Gasteiger partial charge on any atom is 0.340 e. The number of aromatic nitrogens is 2. The first kappa shape index (κ1) is 19.4. The fourth-order valence-corrected chi connectivity index (χ4v) is 2.49. The number of ether oxygens (including phenoxy) is 1. The molecule has 1 N–H and O–H groups in total. The van der Waals surface area contributed by atoms with Crippen LogP contribution < -0.4 is 5.32 Å². The number of rotatable bonds is 5. The number of aryl methyl sites for hydroxylation is 2. The van der Waals surface area contributed by atoms with Crippen LogP contribution in [0.5, 0.6) is 0 Å². The third kappa shape index (κ3) is 3.99. The number of halogens is 1. The van der Waals surface area contributed by atoms with E-state index in [4.69, 9.17) is 16.3 Å². The highest BCUT2D eigenvalue weighted by atomic mass is 35.5. The molecule has 1 aromatic heterocycles. The Morgan fingerprint density at radius 3 is 2.54 bits per heavy atom. The number of carbonyl (C=O) groups is 2. The Labute approximate surface area is 154 Å². The summed E-state index contributed by atoms with van der Waals surface area (Å²) in [6.45, 7) is 4.95. The quantitative estimate of drug-likeness (QED) is 0.484. The molecular formula is C16H17ClN4O5. The third-order valence-electron chi connectivity index (χ3n) is 3.79. The first-order valence-corrected chi connectivity index (χ1v) is 7.95. The zero-order valence-corrected chi connectivity index (χ0v) is 15.3. The van der Waals surface area contributed by atoms with Crippen LogP contribution >= 0.6 is 11.6 Å². The van der Waals surface area contributed by atoms with Crippen LogP contribution in [0.1, 0.15) is 28.7 Å². The maximum absolute atomic E-state index is 12.3. The predicted octanol–water partition coefficient (Wildman–Crippen LogP) is 2.78. The molecule has 0 fully saturated rings. The minimum absolute atomic E-state index is 0.0642. The normalized spacial score (nSPS) is 11.7. The topological polar surface area (TPSA) is 116 Å². The second kappa shape index (κ2) is 7.52. The van der Waals surface area contributed by atoms with Gasteiger partial charge in [0, 0.05) is 19.2 Å². The van der Waals surface area contributed by atoms with E-state index in [2.05, 4.69) is 10.4 Å². The van der Waals surface area contributed by atoms with Crippen molar-refractivity contribution < 1.29 is 19.2 Å². The molecule has 10 heteroatoms. The van der Waals surface area contributed by atoms with E-state index < -0.39 is 22.9 Å². The van der Waals surface area contributed by atoms with E-state index in [0.717, 1.165) is 17.8 Å². The molecule has 1 atom stereocenters. The van der Waals surface area contributed by atoms with Crippen molar-refractivity contribution in [3.8, 4) is 0 Å². The SMILES string of the molecule is Cc1nn(C)c(C)c1NC(=O)[C@H](C)OC(=O)c1ccc([N+](=O)[O-])cc1Cl. The maximum atomic E-state index is 12.3. The first-order chi connectivity index (χ1) is 12.1. The molecule has 0 bridgehead atoms. The van der Waals surface area contributed by atoms with Crippen LogP contribution in [0.15, 0.2) is 18.2 Å². The van der Waals surface area contributed by atoms with Crippen LogP contribution in [0.3, 0.4) is 0 Å². The molecule has 0 radical (unpaired) electrons. The predicted molar refractivity (Wildman–Crippen MR) is 94.3 cm³/mol. The van der Waals surface area contributed by atoms with E-state index in [1.165, 1.54) is 13.0 Å². The van der Waals surface area contributed by atoms with Crippen LogP contribution in [0.2, 0.25) is 5.02 Å². The fourth-order valence-electron chi connectivity index (χ4n) is 2.24. The highest BCUT2D eigenvalue weighted by molar-refractivity contribution is 6.33. The number of hydrogen-bond donors (Lipinski definition) is 1. The minimum atomic E-state index is -1.10. The molecular weight excluding hydrogens is 364 g/mol. The van der Waals surface area contributed by atoms with Gasteiger partial charge in [-0.25, -0.2) is 4.79 Å². The zero-order chi connectivity index (χ0) is 19.6. The van der Waals surface area contributed by atoms with E-state index in [1.807, 2.05) is 0 Å². The number of non-ortho nitro benzene ring substituents is 1. The number of esters is 1. The standard InChI is InChI=1S/C16H17ClN4O5/c1-8-14(9(2)20(4)19-8)18-15(22)10(3)26-16(23)12-6-5-11(21(24)25)7-13(12)17/h5-7,10H,1-4H3,(H,18,22)/t10-/m0/s1. The number of hydrogen-bond acceptors (Lipinski definition) is 6. The van der Waals surface area contributed by atoms with E-state index in [9.17, 15) is 19.7 Å². The number of nitro benzene ring substituents is 1. The molecule has 0 saturated carbocycles. The Kier molecular flexibility index (Phi) is 5.61. The Balaban J connectivity index is 2.09. The van der Waals surface area contributed by atoms with Gasteiger partial charge in [-0.05, 0) is 26.8 Å². The smallest absolute Gasteiger partial charge is 0.340 e. The van der Waals surface area contributed by atoms with Gasteiger partial charge in [-0.2, -0.15) is 5.10 Å². The highest BCUT2D eigenvalue weighted by Gasteiger charge is 2.23. The molecule has 0 aliphatic heterocycles.